The molecular weight excluding hydrogens is 259 g/mol. The quantitative estimate of drug-likeness (QED) is 0.681. The minimum absolute atomic E-state index is 0.122. The van der Waals surface area contributed by atoms with Gasteiger partial charge in [0, 0.05) is 10.0 Å². The van der Waals surface area contributed by atoms with E-state index in [2.05, 4.69) is 20.9 Å². The maximum absolute atomic E-state index is 12.4. The van der Waals surface area contributed by atoms with Crippen LogP contribution in [0.15, 0.2) is 27.7 Å². The molecule has 0 radical (unpaired) electrons. The summed E-state index contributed by atoms with van der Waals surface area (Å²) in [6.45, 7) is 0.122. The zero-order valence-corrected chi connectivity index (χ0v) is 8.48. The summed E-state index contributed by atoms with van der Waals surface area (Å²) in [7, 11) is 0. The van der Waals surface area contributed by atoms with Crippen molar-refractivity contribution < 1.29 is 13.2 Å². The van der Waals surface area contributed by atoms with Gasteiger partial charge in [-0.25, -0.2) is 0 Å². The van der Waals surface area contributed by atoms with Crippen molar-refractivity contribution in [2.75, 3.05) is 0 Å². The molecule has 1 aromatic rings. The first kappa shape index (κ1) is 9.71. The third-order valence-electron chi connectivity index (χ3n) is 2.00. The Bertz CT molecular complexity index is 409. The van der Waals surface area contributed by atoms with E-state index >= 15 is 0 Å². The van der Waals surface area contributed by atoms with Crippen LogP contribution < -0.4 is 0 Å². The fraction of sp³-hybridized carbons (Fsp3) is 0.222. The van der Waals surface area contributed by atoms with Gasteiger partial charge in [0.1, 0.15) is 5.71 Å². The van der Waals surface area contributed by atoms with Crippen LogP contribution in [-0.2, 0) is 6.54 Å². The molecule has 0 N–H and O–H groups in total. The summed E-state index contributed by atoms with van der Waals surface area (Å²) < 4.78 is 37.9. The van der Waals surface area contributed by atoms with E-state index in [9.17, 15) is 13.2 Å². The number of hydrogen-bond donors (Lipinski definition) is 0. The zero-order chi connectivity index (χ0) is 10.3. The molecule has 1 aliphatic heterocycles. The molecule has 1 heterocycles. The van der Waals surface area contributed by atoms with Gasteiger partial charge in [-0.15, -0.1) is 0 Å². The smallest absolute Gasteiger partial charge is 0.275 e. The first-order valence-corrected chi connectivity index (χ1v) is 4.68. The first-order chi connectivity index (χ1) is 6.48. The lowest BCUT2D eigenvalue weighted by atomic mass is 10.1. The van der Waals surface area contributed by atoms with Crippen molar-refractivity contribution in [3.8, 4) is 0 Å². The van der Waals surface area contributed by atoms with E-state index in [0.717, 1.165) is 0 Å². The maximum atomic E-state index is 12.4. The lowest BCUT2D eigenvalue weighted by Crippen LogP contribution is -2.22. The van der Waals surface area contributed by atoms with Crippen LogP contribution in [0.1, 0.15) is 11.1 Å². The summed E-state index contributed by atoms with van der Waals surface area (Å²) >= 11 is 3.14. The number of halogens is 4. The summed E-state index contributed by atoms with van der Waals surface area (Å²) in [6, 6.07) is 4.82. The Morgan fingerprint density at radius 1 is 1.29 bits per heavy atom. The zero-order valence-electron chi connectivity index (χ0n) is 6.90. The van der Waals surface area contributed by atoms with Crippen molar-refractivity contribution in [2.24, 2.45) is 4.99 Å². The number of aliphatic imine (C=N–C) groups is 1. The maximum Gasteiger partial charge on any atom is 0.433 e. The van der Waals surface area contributed by atoms with Gasteiger partial charge in [-0.05, 0) is 17.7 Å². The van der Waals surface area contributed by atoms with E-state index in [1.807, 2.05) is 0 Å². The predicted octanol–water partition coefficient (Wildman–Crippen LogP) is 3.31. The molecule has 2 rings (SSSR count). The molecule has 0 bridgehead atoms. The van der Waals surface area contributed by atoms with Crippen molar-refractivity contribution in [3.63, 3.8) is 0 Å². The second-order valence-corrected chi connectivity index (χ2v) is 3.88. The molecule has 0 spiro atoms. The largest absolute Gasteiger partial charge is 0.433 e. The van der Waals surface area contributed by atoms with Crippen molar-refractivity contribution in [2.45, 2.75) is 12.7 Å². The van der Waals surface area contributed by atoms with Gasteiger partial charge in [0.2, 0.25) is 0 Å². The van der Waals surface area contributed by atoms with Gasteiger partial charge in [-0.2, -0.15) is 13.2 Å². The Labute approximate surface area is 86.8 Å². The van der Waals surface area contributed by atoms with Gasteiger partial charge in [-0.1, -0.05) is 22.0 Å². The Morgan fingerprint density at radius 2 is 2.00 bits per heavy atom. The van der Waals surface area contributed by atoms with Crippen LogP contribution in [0.25, 0.3) is 0 Å². The van der Waals surface area contributed by atoms with E-state index in [4.69, 9.17) is 0 Å². The van der Waals surface area contributed by atoms with Crippen LogP contribution >= 0.6 is 15.9 Å². The summed E-state index contributed by atoms with van der Waals surface area (Å²) in [6.07, 6.45) is -4.36. The molecule has 1 aromatic carbocycles. The van der Waals surface area contributed by atoms with E-state index < -0.39 is 11.9 Å². The fourth-order valence-electron chi connectivity index (χ4n) is 1.40. The molecule has 74 valence electrons. The Hall–Kier alpha value is -0.840. The molecule has 1 nitrogen and oxygen atoms in total. The number of alkyl halides is 3. The summed E-state index contributed by atoms with van der Waals surface area (Å²) in [5.74, 6) is 0. The molecule has 0 amide bonds. The van der Waals surface area contributed by atoms with Crippen molar-refractivity contribution in [1.29, 1.82) is 0 Å². The second-order valence-electron chi connectivity index (χ2n) is 2.96. The highest BCUT2D eigenvalue weighted by molar-refractivity contribution is 9.10. The summed E-state index contributed by atoms with van der Waals surface area (Å²) in [5, 5.41) is 0. The normalized spacial score (nSPS) is 15.3. The Balaban J connectivity index is 2.51. The van der Waals surface area contributed by atoms with Crippen LogP contribution in [0.3, 0.4) is 0 Å². The molecule has 0 atom stereocenters. The van der Waals surface area contributed by atoms with Crippen molar-refractivity contribution >= 4 is 21.6 Å². The highest BCUT2D eigenvalue weighted by Gasteiger charge is 2.39. The summed E-state index contributed by atoms with van der Waals surface area (Å²) in [4.78, 5) is 3.49. The monoisotopic (exact) mass is 263 g/mol. The highest BCUT2D eigenvalue weighted by atomic mass is 79.9. The second kappa shape index (κ2) is 3.08. The third-order valence-corrected chi connectivity index (χ3v) is 2.50. The molecule has 0 saturated heterocycles. The predicted molar refractivity (Wildman–Crippen MR) is 50.4 cm³/mol. The molecule has 0 aromatic heterocycles. The topological polar surface area (TPSA) is 12.4 Å². The Kier molecular flexibility index (Phi) is 2.14. The van der Waals surface area contributed by atoms with Crippen LogP contribution in [0.2, 0.25) is 0 Å². The van der Waals surface area contributed by atoms with Crippen molar-refractivity contribution in [1.82, 2.24) is 0 Å². The summed E-state index contributed by atoms with van der Waals surface area (Å²) in [5.41, 5.74) is 0.0428. The van der Waals surface area contributed by atoms with Crippen molar-refractivity contribution in [3.05, 3.63) is 33.8 Å². The lowest BCUT2D eigenvalue weighted by Gasteiger charge is -2.07. The van der Waals surface area contributed by atoms with Crippen LogP contribution in [0.5, 0.6) is 0 Å². The highest BCUT2D eigenvalue weighted by Crippen LogP contribution is 2.31. The van der Waals surface area contributed by atoms with E-state index in [-0.39, 0.29) is 12.1 Å². The Morgan fingerprint density at radius 3 is 2.64 bits per heavy atom. The average molecular weight is 264 g/mol. The average Bonchev–Trinajstić information content (AvgIpc) is 2.45. The molecule has 1 aliphatic rings. The molecule has 0 saturated carbocycles. The standard InChI is InChI=1S/C9H5BrF3N/c10-6-2-1-5-4-14-8(7(5)3-6)9(11,12)13/h1-3H,4H2. The van der Waals surface area contributed by atoms with Crippen LogP contribution in [0.4, 0.5) is 13.2 Å². The number of hydrogen-bond acceptors (Lipinski definition) is 1. The number of nitrogens with zero attached hydrogens (tertiary/aromatic N) is 1. The van der Waals surface area contributed by atoms with Crippen LogP contribution in [-0.4, -0.2) is 11.9 Å². The van der Waals surface area contributed by atoms with Gasteiger partial charge in [0.05, 0.1) is 6.54 Å². The van der Waals surface area contributed by atoms with Gasteiger partial charge >= 0.3 is 6.18 Å². The number of fused-ring (bicyclic) bond motifs is 1. The number of rotatable bonds is 0. The molecular formula is C9H5BrF3N. The minimum Gasteiger partial charge on any atom is -0.275 e. The van der Waals surface area contributed by atoms with Gasteiger partial charge in [0.15, 0.2) is 0 Å². The molecule has 0 aliphatic carbocycles. The molecule has 0 fully saturated rings. The van der Waals surface area contributed by atoms with E-state index in [1.54, 1.807) is 12.1 Å². The first-order valence-electron chi connectivity index (χ1n) is 3.89. The third kappa shape index (κ3) is 1.56. The number of benzene rings is 1. The molecule has 0 unspecified atom stereocenters. The SMILES string of the molecule is FC(F)(F)C1=NCc2ccc(Br)cc21. The fourth-order valence-corrected chi connectivity index (χ4v) is 1.76. The minimum atomic E-state index is -4.36. The molecule has 14 heavy (non-hydrogen) atoms. The van der Waals surface area contributed by atoms with E-state index in [1.165, 1.54) is 6.07 Å². The lowest BCUT2D eigenvalue weighted by molar-refractivity contribution is -0.0579. The van der Waals surface area contributed by atoms with Crippen LogP contribution in [0, 0.1) is 0 Å². The van der Waals surface area contributed by atoms with Gasteiger partial charge in [-0.3, -0.25) is 4.99 Å². The molecule has 5 heteroatoms. The van der Waals surface area contributed by atoms with Gasteiger partial charge < -0.3 is 0 Å². The van der Waals surface area contributed by atoms with E-state index in [0.29, 0.717) is 10.0 Å². The van der Waals surface area contributed by atoms with Gasteiger partial charge in [0.25, 0.3) is 0 Å².